The number of hydrogen-bond acceptors (Lipinski definition) is 2. The molecule has 1 N–H and O–H groups in total. The Balaban J connectivity index is 2.28. The third kappa shape index (κ3) is 3.66. The van der Waals surface area contributed by atoms with Crippen molar-refractivity contribution < 1.29 is 18.3 Å². The molecule has 1 unspecified atom stereocenters. The van der Waals surface area contributed by atoms with Crippen LogP contribution in [-0.4, -0.2) is 29.3 Å². The van der Waals surface area contributed by atoms with Gasteiger partial charge >= 0.3 is 6.18 Å². The summed E-state index contributed by atoms with van der Waals surface area (Å²) in [4.78, 5) is 1.50. The second-order valence-electron chi connectivity index (χ2n) is 5.38. The van der Waals surface area contributed by atoms with E-state index in [1.165, 1.54) is 4.90 Å². The molecule has 0 spiro atoms. The van der Waals surface area contributed by atoms with Crippen LogP contribution in [0, 0.1) is 0 Å². The van der Waals surface area contributed by atoms with Gasteiger partial charge in [0.1, 0.15) is 5.75 Å². The number of rotatable bonds is 4. The van der Waals surface area contributed by atoms with E-state index < -0.39 is 12.7 Å². The summed E-state index contributed by atoms with van der Waals surface area (Å²) in [7, 11) is 0. The van der Waals surface area contributed by atoms with Gasteiger partial charge in [-0.1, -0.05) is 13.0 Å². The molecule has 1 aromatic rings. The second kappa shape index (κ2) is 6.04. The Morgan fingerprint density at radius 1 is 1.35 bits per heavy atom. The molecular weight excluding hydrogens is 267 g/mol. The molecule has 0 saturated heterocycles. The summed E-state index contributed by atoms with van der Waals surface area (Å²) in [5, 5.41) is 9.61. The molecule has 1 atom stereocenters. The Labute approximate surface area is 117 Å². The van der Waals surface area contributed by atoms with Crippen molar-refractivity contribution in [2.75, 3.05) is 13.1 Å². The molecule has 2 nitrogen and oxygen atoms in total. The van der Waals surface area contributed by atoms with Gasteiger partial charge in [-0.2, -0.15) is 13.2 Å². The van der Waals surface area contributed by atoms with Crippen LogP contribution >= 0.6 is 0 Å². The SMILES string of the molecule is CCCN(CC(F)(F)F)C1CCCc2ccc(O)cc21. The minimum atomic E-state index is -4.19. The molecule has 1 aromatic carbocycles. The number of alkyl halides is 3. The minimum absolute atomic E-state index is 0.124. The molecule has 112 valence electrons. The quantitative estimate of drug-likeness (QED) is 0.903. The highest BCUT2D eigenvalue weighted by Gasteiger charge is 2.35. The molecule has 20 heavy (non-hydrogen) atoms. The van der Waals surface area contributed by atoms with Crippen molar-refractivity contribution >= 4 is 0 Å². The number of aromatic hydroxyl groups is 1. The number of phenols is 1. The molecule has 0 saturated carbocycles. The van der Waals surface area contributed by atoms with Crippen molar-refractivity contribution in [2.24, 2.45) is 0 Å². The van der Waals surface area contributed by atoms with Crippen LogP contribution in [0.5, 0.6) is 5.75 Å². The summed E-state index contributed by atoms with van der Waals surface area (Å²) in [5.74, 6) is 0.124. The lowest BCUT2D eigenvalue weighted by Gasteiger charge is -2.36. The lowest BCUT2D eigenvalue weighted by Crippen LogP contribution is -2.39. The van der Waals surface area contributed by atoms with Gasteiger partial charge in [0.15, 0.2) is 0 Å². The average molecular weight is 287 g/mol. The molecule has 0 aromatic heterocycles. The third-order valence-corrected chi connectivity index (χ3v) is 3.75. The smallest absolute Gasteiger partial charge is 0.401 e. The summed E-state index contributed by atoms with van der Waals surface area (Å²) in [6.07, 6.45) is -1.03. The molecule has 5 heteroatoms. The van der Waals surface area contributed by atoms with Gasteiger partial charge in [0, 0.05) is 6.04 Å². The maximum Gasteiger partial charge on any atom is 0.401 e. The van der Waals surface area contributed by atoms with Gasteiger partial charge in [0.05, 0.1) is 6.54 Å². The van der Waals surface area contributed by atoms with E-state index in [0.29, 0.717) is 19.4 Å². The van der Waals surface area contributed by atoms with Crippen molar-refractivity contribution in [3.63, 3.8) is 0 Å². The normalized spacial score (nSPS) is 19.1. The van der Waals surface area contributed by atoms with Crippen LogP contribution in [0.2, 0.25) is 0 Å². The van der Waals surface area contributed by atoms with Crippen LogP contribution < -0.4 is 0 Å². The second-order valence-corrected chi connectivity index (χ2v) is 5.38. The van der Waals surface area contributed by atoms with E-state index >= 15 is 0 Å². The summed E-state index contributed by atoms with van der Waals surface area (Å²) >= 11 is 0. The highest BCUT2D eigenvalue weighted by Crippen LogP contribution is 2.37. The van der Waals surface area contributed by atoms with Gasteiger partial charge in [-0.3, -0.25) is 4.90 Å². The van der Waals surface area contributed by atoms with E-state index in [1.54, 1.807) is 12.1 Å². The first-order valence-electron chi connectivity index (χ1n) is 7.03. The fraction of sp³-hybridized carbons (Fsp3) is 0.600. The van der Waals surface area contributed by atoms with Gasteiger partial charge in [0.2, 0.25) is 0 Å². The van der Waals surface area contributed by atoms with Crippen molar-refractivity contribution in [3.8, 4) is 5.75 Å². The predicted molar refractivity (Wildman–Crippen MR) is 71.7 cm³/mol. The summed E-state index contributed by atoms with van der Waals surface area (Å²) in [6, 6.07) is 4.81. The molecular formula is C15H20F3NO. The predicted octanol–water partition coefficient (Wildman–Crippen LogP) is 4.04. The Bertz CT molecular complexity index is 459. The van der Waals surface area contributed by atoms with Gasteiger partial charge in [-0.25, -0.2) is 0 Å². The Kier molecular flexibility index (Phi) is 4.58. The van der Waals surface area contributed by atoms with Crippen molar-refractivity contribution in [3.05, 3.63) is 29.3 Å². The molecule has 0 bridgehead atoms. The van der Waals surface area contributed by atoms with E-state index in [1.807, 2.05) is 13.0 Å². The van der Waals surface area contributed by atoms with Crippen LogP contribution in [0.3, 0.4) is 0 Å². The number of benzene rings is 1. The third-order valence-electron chi connectivity index (χ3n) is 3.75. The Hall–Kier alpha value is -1.23. The maximum atomic E-state index is 12.7. The molecule has 0 radical (unpaired) electrons. The standard InChI is InChI=1S/C15H20F3NO/c1-2-8-19(10-15(16,17)18)14-5-3-4-11-6-7-12(20)9-13(11)14/h6-7,9,14,20H,2-5,8,10H2,1H3. The summed E-state index contributed by atoms with van der Waals surface area (Å²) < 4.78 is 38.2. The van der Waals surface area contributed by atoms with Crippen molar-refractivity contribution in [1.82, 2.24) is 4.90 Å². The zero-order valence-electron chi connectivity index (χ0n) is 11.6. The van der Waals surface area contributed by atoms with Gasteiger partial charge < -0.3 is 5.11 Å². The van der Waals surface area contributed by atoms with E-state index in [0.717, 1.165) is 24.0 Å². The van der Waals surface area contributed by atoms with Crippen molar-refractivity contribution in [2.45, 2.75) is 44.8 Å². The van der Waals surface area contributed by atoms with Crippen LogP contribution in [-0.2, 0) is 6.42 Å². The van der Waals surface area contributed by atoms with Gasteiger partial charge in [-0.05, 0) is 55.5 Å². The van der Waals surface area contributed by atoms with Crippen LogP contribution in [0.15, 0.2) is 18.2 Å². The zero-order chi connectivity index (χ0) is 14.8. The monoisotopic (exact) mass is 287 g/mol. The maximum absolute atomic E-state index is 12.7. The molecule has 1 aliphatic rings. The van der Waals surface area contributed by atoms with Gasteiger partial charge in [-0.15, -0.1) is 0 Å². The number of fused-ring (bicyclic) bond motifs is 1. The molecule has 1 aliphatic carbocycles. The number of halogens is 3. The average Bonchev–Trinajstić information content (AvgIpc) is 2.36. The lowest BCUT2D eigenvalue weighted by atomic mass is 9.86. The first-order chi connectivity index (χ1) is 9.40. The summed E-state index contributed by atoms with van der Waals surface area (Å²) in [5.41, 5.74) is 1.91. The number of hydrogen-bond donors (Lipinski definition) is 1. The molecule has 0 amide bonds. The largest absolute Gasteiger partial charge is 0.508 e. The molecule has 2 rings (SSSR count). The van der Waals surface area contributed by atoms with E-state index in [-0.39, 0.29) is 11.8 Å². The number of nitrogens with zero attached hydrogens (tertiary/aromatic N) is 1. The van der Waals surface area contributed by atoms with E-state index in [9.17, 15) is 18.3 Å². The first-order valence-corrected chi connectivity index (χ1v) is 7.03. The fourth-order valence-corrected chi connectivity index (χ4v) is 3.00. The molecule has 0 fully saturated rings. The molecule has 0 heterocycles. The van der Waals surface area contributed by atoms with Crippen molar-refractivity contribution in [1.29, 1.82) is 0 Å². The summed E-state index contributed by atoms with van der Waals surface area (Å²) in [6.45, 7) is 1.41. The van der Waals surface area contributed by atoms with E-state index in [2.05, 4.69) is 0 Å². The Morgan fingerprint density at radius 3 is 2.75 bits per heavy atom. The number of aryl methyl sites for hydroxylation is 1. The lowest BCUT2D eigenvalue weighted by molar-refractivity contribution is -0.151. The fourth-order valence-electron chi connectivity index (χ4n) is 3.00. The van der Waals surface area contributed by atoms with Crippen LogP contribution in [0.4, 0.5) is 13.2 Å². The highest BCUT2D eigenvalue weighted by atomic mass is 19.4. The number of phenolic OH excluding ortho intramolecular Hbond substituents is 1. The van der Waals surface area contributed by atoms with Crippen LogP contribution in [0.25, 0.3) is 0 Å². The highest BCUT2D eigenvalue weighted by molar-refractivity contribution is 5.38. The zero-order valence-corrected chi connectivity index (χ0v) is 11.6. The Morgan fingerprint density at radius 2 is 2.10 bits per heavy atom. The van der Waals surface area contributed by atoms with E-state index in [4.69, 9.17) is 0 Å². The van der Waals surface area contributed by atoms with Gasteiger partial charge in [0.25, 0.3) is 0 Å². The first kappa shape index (κ1) is 15.2. The molecule has 0 aliphatic heterocycles. The van der Waals surface area contributed by atoms with Crippen LogP contribution in [0.1, 0.15) is 43.4 Å². The topological polar surface area (TPSA) is 23.5 Å². The minimum Gasteiger partial charge on any atom is -0.508 e.